The van der Waals surface area contributed by atoms with Gasteiger partial charge in [0.1, 0.15) is 5.69 Å². The largest absolute Gasteiger partial charge is 0.364 e. The average molecular weight is 203 g/mol. The van der Waals surface area contributed by atoms with Gasteiger partial charge in [-0.25, -0.2) is 4.68 Å². The SMILES string of the molecule is Cc1ccnnc1-n1nccc1C(N)=O. The van der Waals surface area contributed by atoms with Crippen LogP contribution in [-0.4, -0.2) is 25.9 Å². The van der Waals surface area contributed by atoms with Crippen LogP contribution in [0.5, 0.6) is 0 Å². The first-order valence-electron chi connectivity index (χ1n) is 4.32. The van der Waals surface area contributed by atoms with Crippen LogP contribution in [-0.2, 0) is 0 Å². The fraction of sp³-hybridized carbons (Fsp3) is 0.111. The van der Waals surface area contributed by atoms with Gasteiger partial charge in [0.2, 0.25) is 0 Å². The summed E-state index contributed by atoms with van der Waals surface area (Å²) in [6, 6.07) is 3.32. The van der Waals surface area contributed by atoms with E-state index in [2.05, 4.69) is 15.3 Å². The molecule has 0 unspecified atom stereocenters. The fourth-order valence-corrected chi connectivity index (χ4v) is 1.25. The molecule has 6 heteroatoms. The van der Waals surface area contributed by atoms with Crippen LogP contribution < -0.4 is 5.73 Å². The number of aryl methyl sites for hydroxylation is 1. The Hall–Kier alpha value is -2.24. The van der Waals surface area contributed by atoms with Crippen molar-refractivity contribution in [3.8, 4) is 5.82 Å². The van der Waals surface area contributed by atoms with Crippen LogP contribution in [0.1, 0.15) is 16.1 Å². The zero-order valence-electron chi connectivity index (χ0n) is 8.08. The van der Waals surface area contributed by atoms with Crippen LogP contribution >= 0.6 is 0 Å². The molecule has 2 aromatic heterocycles. The van der Waals surface area contributed by atoms with Gasteiger partial charge in [-0.1, -0.05) is 0 Å². The molecule has 2 aromatic rings. The van der Waals surface area contributed by atoms with E-state index in [-0.39, 0.29) is 0 Å². The standard InChI is InChI=1S/C9H9N5O/c1-6-2-4-11-13-9(6)14-7(8(10)15)3-5-12-14/h2-5H,1H3,(H2,10,15). The highest BCUT2D eigenvalue weighted by Gasteiger charge is 2.12. The first-order chi connectivity index (χ1) is 7.20. The van der Waals surface area contributed by atoms with E-state index in [1.54, 1.807) is 12.3 Å². The van der Waals surface area contributed by atoms with Crippen molar-refractivity contribution in [2.24, 2.45) is 5.73 Å². The zero-order valence-corrected chi connectivity index (χ0v) is 8.08. The van der Waals surface area contributed by atoms with E-state index < -0.39 is 5.91 Å². The Kier molecular flexibility index (Phi) is 2.17. The lowest BCUT2D eigenvalue weighted by Gasteiger charge is -2.05. The molecule has 2 N–H and O–H groups in total. The predicted molar refractivity (Wildman–Crippen MR) is 52.4 cm³/mol. The normalized spacial score (nSPS) is 10.2. The molecule has 0 fully saturated rings. The summed E-state index contributed by atoms with van der Waals surface area (Å²) < 4.78 is 1.38. The quantitative estimate of drug-likeness (QED) is 0.748. The summed E-state index contributed by atoms with van der Waals surface area (Å²) in [5.74, 6) is -0.0335. The lowest BCUT2D eigenvalue weighted by Crippen LogP contribution is -2.18. The Bertz CT molecular complexity index is 505. The Morgan fingerprint density at radius 2 is 2.20 bits per heavy atom. The third-order valence-electron chi connectivity index (χ3n) is 1.99. The van der Waals surface area contributed by atoms with E-state index in [4.69, 9.17) is 5.73 Å². The average Bonchev–Trinajstić information content (AvgIpc) is 2.67. The number of hydrogen-bond donors (Lipinski definition) is 1. The summed E-state index contributed by atoms with van der Waals surface area (Å²) >= 11 is 0. The highest BCUT2D eigenvalue weighted by molar-refractivity contribution is 5.91. The molecule has 0 aliphatic rings. The van der Waals surface area contributed by atoms with Gasteiger partial charge in [-0.2, -0.15) is 10.2 Å². The highest BCUT2D eigenvalue weighted by atomic mass is 16.1. The molecule has 1 amide bonds. The van der Waals surface area contributed by atoms with Crippen molar-refractivity contribution in [2.75, 3.05) is 0 Å². The van der Waals surface area contributed by atoms with Gasteiger partial charge in [-0.3, -0.25) is 4.79 Å². The lowest BCUT2D eigenvalue weighted by molar-refractivity contribution is 0.0992. The van der Waals surface area contributed by atoms with Gasteiger partial charge in [0.05, 0.1) is 12.4 Å². The number of aromatic nitrogens is 4. The van der Waals surface area contributed by atoms with Crippen LogP contribution in [0.3, 0.4) is 0 Å². The van der Waals surface area contributed by atoms with Crippen molar-refractivity contribution in [1.29, 1.82) is 0 Å². The monoisotopic (exact) mass is 203 g/mol. The Balaban J connectivity index is 2.59. The summed E-state index contributed by atoms with van der Waals surface area (Å²) in [4.78, 5) is 11.1. The van der Waals surface area contributed by atoms with Crippen molar-refractivity contribution in [1.82, 2.24) is 20.0 Å². The molecule has 0 bridgehead atoms. The molecule has 0 aromatic carbocycles. The predicted octanol–water partition coefficient (Wildman–Crippen LogP) is 0.0696. The number of carbonyl (C=O) groups excluding carboxylic acids is 1. The number of carbonyl (C=O) groups is 1. The molecule has 0 saturated heterocycles. The van der Waals surface area contributed by atoms with Gasteiger partial charge in [-0.05, 0) is 24.6 Å². The number of nitrogens with zero attached hydrogens (tertiary/aromatic N) is 4. The van der Waals surface area contributed by atoms with Crippen LogP contribution in [0.25, 0.3) is 5.82 Å². The van der Waals surface area contributed by atoms with Crippen LogP contribution in [0.4, 0.5) is 0 Å². The summed E-state index contributed by atoms with van der Waals surface area (Å²) in [6.07, 6.45) is 3.07. The molecule has 6 nitrogen and oxygen atoms in total. The molecule has 0 atom stereocenters. The molecule has 2 heterocycles. The zero-order chi connectivity index (χ0) is 10.8. The third-order valence-corrected chi connectivity index (χ3v) is 1.99. The van der Waals surface area contributed by atoms with E-state index in [0.29, 0.717) is 11.5 Å². The van der Waals surface area contributed by atoms with Crippen molar-refractivity contribution in [3.63, 3.8) is 0 Å². The molecule has 0 radical (unpaired) electrons. The maximum Gasteiger partial charge on any atom is 0.267 e. The van der Waals surface area contributed by atoms with Gasteiger partial charge < -0.3 is 5.73 Å². The first-order valence-corrected chi connectivity index (χ1v) is 4.32. The second kappa shape index (κ2) is 3.49. The second-order valence-corrected chi connectivity index (χ2v) is 3.03. The summed E-state index contributed by atoms with van der Waals surface area (Å²) in [7, 11) is 0. The van der Waals surface area contributed by atoms with Crippen LogP contribution in [0.2, 0.25) is 0 Å². The summed E-state index contributed by atoms with van der Waals surface area (Å²) in [5, 5.41) is 11.6. The smallest absolute Gasteiger partial charge is 0.267 e. The van der Waals surface area contributed by atoms with E-state index >= 15 is 0 Å². The number of rotatable bonds is 2. The van der Waals surface area contributed by atoms with E-state index in [1.807, 2.05) is 6.92 Å². The summed E-state index contributed by atoms with van der Waals surface area (Å²) in [6.45, 7) is 1.86. The minimum absolute atomic E-state index is 0.290. The Morgan fingerprint density at radius 1 is 1.40 bits per heavy atom. The highest BCUT2D eigenvalue weighted by Crippen LogP contribution is 2.10. The maximum atomic E-state index is 11.1. The van der Waals surface area contributed by atoms with Crippen molar-refractivity contribution in [2.45, 2.75) is 6.92 Å². The van der Waals surface area contributed by atoms with Gasteiger partial charge in [0.25, 0.3) is 5.91 Å². The Morgan fingerprint density at radius 3 is 2.87 bits per heavy atom. The molecular formula is C9H9N5O. The van der Waals surface area contributed by atoms with Crippen molar-refractivity contribution < 1.29 is 4.79 Å². The van der Waals surface area contributed by atoms with Crippen LogP contribution in [0, 0.1) is 6.92 Å². The minimum atomic E-state index is -0.544. The number of nitrogens with two attached hydrogens (primary N) is 1. The Labute approximate surface area is 85.7 Å². The van der Waals surface area contributed by atoms with E-state index in [0.717, 1.165) is 5.56 Å². The molecule has 2 rings (SSSR count). The number of amides is 1. The molecule has 0 aliphatic carbocycles. The van der Waals surface area contributed by atoms with Gasteiger partial charge in [0, 0.05) is 0 Å². The fourth-order valence-electron chi connectivity index (χ4n) is 1.25. The van der Waals surface area contributed by atoms with E-state index in [9.17, 15) is 4.79 Å². The van der Waals surface area contributed by atoms with Crippen molar-refractivity contribution in [3.05, 3.63) is 35.8 Å². The maximum absolute atomic E-state index is 11.1. The summed E-state index contributed by atoms with van der Waals surface area (Å²) in [5.41, 5.74) is 6.36. The minimum Gasteiger partial charge on any atom is -0.364 e. The molecule has 0 aliphatic heterocycles. The topological polar surface area (TPSA) is 86.7 Å². The third kappa shape index (κ3) is 1.56. The number of primary amides is 1. The van der Waals surface area contributed by atoms with Crippen molar-refractivity contribution >= 4 is 5.91 Å². The molecular weight excluding hydrogens is 194 g/mol. The first kappa shape index (κ1) is 9.32. The van der Waals surface area contributed by atoms with Gasteiger partial charge >= 0.3 is 0 Å². The van der Waals surface area contributed by atoms with E-state index in [1.165, 1.54) is 16.9 Å². The molecule has 76 valence electrons. The van der Waals surface area contributed by atoms with Gasteiger partial charge in [0.15, 0.2) is 5.82 Å². The van der Waals surface area contributed by atoms with Crippen LogP contribution in [0.15, 0.2) is 24.5 Å². The number of hydrogen-bond acceptors (Lipinski definition) is 4. The lowest BCUT2D eigenvalue weighted by atomic mass is 10.3. The molecule has 0 spiro atoms. The molecule has 0 saturated carbocycles. The second-order valence-electron chi connectivity index (χ2n) is 3.03. The van der Waals surface area contributed by atoms with Gasteiger partial charge in [-0.15, -0.1) is 5.10 Å². The molecule has 15 heavy (non-hydrogen) atoms.